The minimum atomic E-state index is -4.90. The summed E-state index contributed by atoms with van der Waals surface area (Å²) in [6, 6.07) is 11.1. The lowest BCUT2D eigenvalue weighted by Crippen LogP contribution is -2.54. The summed E-state index contributed by atoms with van der Waals surface area (Å²) >= 11 is 5.97. The zero-order valence-corrected chi connectivity index (χ0v) is 28.5. The number of aromatic nitrogens is 3. The molecule has 270 valence electrons. The number of phenols is 1. The van der Waals surface area contributed by atoms with Crippen molar-refractivity contribution in [3.63, 3.8) is 0 Å². The van der Waals surface area contributed by atoms with E-state index in [0.29, 0.717) is 37.8 Å². The highest BCUT2D eigenvalue weighted by Gasteiger charge is 2.38. The first-order valence-corrected chi connectivity index (χ1v) is 17.2. The molecule has 3 aromatic rings. The molecule has 2 amide bonds. The normalized spacial score (nSPS) is 19.5. The van der Waals surface area contributed by atoms with E-state index in [0.717, 1.165) is 56.7 Å². The number of likely N-dealkylation sites (N-methyl/N-ethyl adjacent to an activating group) is 1. The molecule has 3 saturated heterocycles. The fraction of sp³-hybridized carbons (Fsp3) is 0.529. The van der Waals surface area contributed by atoms with Crippen molar-refractivity contribution in [2.24, 2.45) is 0 Å². The molecule has 0 saturated carbocycles. The highest BCUT2D eigenvalue weighted by molar-refractivity contribution is 6.32. The van der Waals surface area contributed by atoms with E-state index in [1.807, 2.05) is 30.3 Å². The molecule has 3 aliphatic heterocycles. The van der Waals surface area contributed by atoms with E-state index in [1.165, 1.54) is 9.58 Å². The Morgan fingerprint density at radius 1 is 0.960 bits per heavy atom. The molecule has 12 nitrogen and oxygen atoms in total. The van der Waals surface area contributed by atoms with E-state index >= 15 is 0 Å². The predicted molar refractivity (Wildman–Crippen MR) is 179 cm³/mol. The van der Waals surface area contributed by atoms with E-state index < -0.39 is 40.6 Å². The molecule has 3 fully saturated rings. The van der Waals surface area contributed by atoms with Crippen molar-refractivity contribution in [2.75, 3.05) is 59.4 Å². The van der Waals surface area contributed by atoms with Gasteiger partial charge < -0.3 is 24.5 Å². The van der Waals surface area contributed by atoms with Gasteiger partial charge in [0.25, 0.3) is 5.91 Å². The number of aromatic hydroxyl groups is 1. The maximum absolute atomic E-state index is 13.9. The number of nitrogens with one attached hydrogen (secondary N) is 1. The van der Waals surface area contributed by atoms with Gasteiger partial charge in [0.15, 0.2) is 11.9 Å². The molecule has 6 rings (SSSR count). The van der Waals surface area contributed by atoms with Crippen LogP contribution in [0, 0.1) is 0 Å². The number of piperidine rings is 2. The number of carbonyl (C=O) groups is 2. The molecule has 16 heteroatoms. The van der Waals surface area contributed by atoms with Crippen molar-refractivity contribution in [1.82, 2.24) is 34.4 Å². The molecular formula is C34H41ClF3N7O5. The minimum absolute atomic E-state index is 0.00978. The third-order valence-corrected chi connectivity index (χ3v) is 10.2. The number of hydrogen-bond donors (Lipinski definition) is 2. The van der Waals surface area contributed by atoms with Gasteiger partial charge in [0.2, 0.25) is 0 Å². The lowest BCUT2D eigenvalue weighted by molar-refractivity contribution is -0.142. The summed E-state index contributed by atoms with van der Waals surface area (Å²) in [4.78, 5) is 50.7. The highest BCUT2D eigenvalue weighted by Crippen LogP contribution is 2.40. The van der Waals surface area contributed by atoms with Crippen LogP contribution in [0.1, 0.15) is 42.9 Å². The standard InChI is InChI=1S/C34H41ClF3N7O5/c1-41-15-17-42(18-16-41)24-7-11-43(12-8-24)31(47)28(21-22-19-26(34(36,37)38)29(46)27(35)20-22)50-33(49)44-13-9-25(10-14-44)45-32(48)39-30(40-45)23-5-3-2-4-6-23/h2-6,19-20,24-25,28,46H,7-18,21H2,1H3,(H,39,40,48)/t28-/m1/s1. The number of halogens is 4. The Morgan fingerprint density at radius 3 is 2.22 bits per heavy atom. The van der Waals surface area contributed by atoms with E-state index in [2.05, 4.69) is 26.9 Å². The summed E-state index contributed by atoms with van der Waals surface area (Å²) < 4.78 is 48.3. The van der Waals surface area contributed by atoms with Crippen LogP contribution < -0.4 is 5.69 Å². The van der Waals surface area contributed by atoms with E-state index in [9.17, 15) is 32.7 Å². The zero-order chi connectivity index (χ0) is 35.6. The van der Waals surface area contributed by atoms with Crippen LogP contribution in [0.3, 0.4) is 0 Å². The Morgan fingerprint density at radius 2 is 1.58 bits per heavy atom. The van der Waals surface area contributed by atoms with Crippen LogP contribution in [0.15, 0.2) is 47.3 Å². The molecule has 0 radical (unpaired) electrons. The van der Waals surface area contributed by atoms with Gasteiger partial charge in [-0.05, 0) is 50.4 Å². The average molecular weight is 720 g/mol. The molecule has 0 bridgehead atoms. The first-order chi connectivity index (χ1) is 23.9. The number of alkyl halides is 3. The number of likely N-dealkylation sites (tertiary alicyclic amines) is 2. The SMILES string of the molecule is CN1CCN(C2CCN(C(=O)[C@@H](Cc3cc(Cl)c(O)c(C(F)(F)F)c3)OC(=O)N3CCC(n4nc(-c5ccccc5)[nH]c4=O)CC3)CC2)CC1. The average Bonchev–Trinajstić information content (AvgIpc) is 3.50. The minimum Gasteiger partial charge on any atom is -0.506 e. The van der Waals surface area contributed by atoms with Gasteiger partial charge in [-0.15, -0.1) is 5.10 Å². The summed E-state index contributed by atoms with van der Waals surface area (Å²) in [5.41, 5.74) is -0.945. The Balaban J connectivity index is 1.14. The monoisotopic (exact) mass is 719 g/mol. The molecule has 50 heavy (non-hydrogen) atoms. The van der Waals surface area contributed by atoms with Gasteiger partial charge in [-0.2, -0.15) is 13.2 Å². The summed E-state index contributed by atoms with van der Waals surface area (Å²) in [7, 11) is 2.09. The number of benzene rings is 2. The summed E-state index contributed by atoms with van der Waals surface area (Å²) in [6.07, 6.45) is -5.22. The quantitative estimate of drug-likeness (QED) is 0.372. The van der Waals surface area contributed by atoms with Gasteiger partial charge in [-0.25, -0.2) is 14.3 Å². The number of hydrogen-bond acceptors (Lipinski definition) is 8. The van der Waals surface area contributed by atoms with Gasteiger partial charge in [-0.3, -0.25) is 14.7 Å². The first kappa shape index (κ1) is 35.7. The number of carbonyl (C=O) groups excluding carboxylic acids is 2. The number of amides is 2. The van der Waals surface area contributed by atoms with Crippen LogP contribution in [0.5, 0.6) is 5.75 Å². The third-order valence-electron chi connectivity index (χ3n) is 9.96. The second-order valence-corrected chi connectivity index (χ2v) is 13.7. The molecule has 2 N–H and O–H groups in total. The number of ether oxygens (including phenoxy) is 1. The molecular weight excluding hydrogens is 679 g/mol. The Labute approximate surface area is 292 Å². The number of aromatic amines is 1. The number of H-pyrrole nitrogens is 1. The van der Waals surface area contributed by atoms with Crippen LogP contribution in [0.2, 0.25) is 5.02 Å². The highest BCUT2D eigenvalue weighted by atomic mass is 35.5. The lowest BCUT2D eigenvalue weighted by Gasteiger charge is -2.42. The van der Waals surface area contributed by atoms with Crippen LogP contribution >= 0.6 is 11.6 Å². The molecule has 2 aromatic carbocycles. The number of nitrogens with zero attached hydrogens (tertiary/aromatic N) is 6. The van der Waals surface area contributed by atoms with Gasteiger partial charge >= 0.3 is 18.0 Å². The van der Waals surface area contributed by atoms with Crippen molar-refractivity contribution in [3.8, 4) is 17.1 Å². The van der Waals surface area contributed by atoms with E-state index in [-0.39, 0.29) is 36.8 Å². The van der Waals surface area contributed by atoms with Crippen molar-refractivity contribution < 1.29 is 32.6 Å². The van der Waals surface area contributed by atoms with Gasteiger partial charge in [-0.1, -0.05) is 41.9 Å². The van der Waals surface area contributed by atoms with Crippen LogP contribution in [-0.4, -0.2) is 123 Å². The van der Waals surface area contributed by atoms with Crippen molar-refractivity contribution >= 4 is 23.6 Å². The van der Waals surface area contributed by atoms with Gasteiger partial charge in [0.05, 0.1) is 16.6 Å². The van der Waals surface area contributed by atoms with E-state index in [4.69, 9.17) is 16.3 Å². The predicted octanol–water partition coefficient (Wildman–Crippen LogP) is 4.24. The molecule has 1 aromatic heterocycles. The summed E-state index contributed by atoms with van der Waals surface area (Å²) in [5, 5.41) is 13.9. The van der Waals surface area contributed by atoms with E-state index in [1.54, 1.807) is 4.90 Å². The molecule has 3 aliphatic rings. The largest absolute Gasteiger partial charge is 0.506 e. The Kier molecular flexibility index (Phi) is 10.7. The smallest absolute Gasteiger partial charge is 0.420 e. The van der Waals surface area contributed by atoms with Crippen molar-refractivity contribution in [1.29, 1.82) is 0 Å². The van der Waals surface area contributed by atoms with Crippen LogP contribution in [0.4, 0.5) is 18.0 Å². The number of piperazine rings is 1. The van der Waals surface area contributed by atoms with Crippen LogP contribution in [0.25, 0.3) is 11.4 Å². The van der Waals surface area contributed by atoms with Crippen molar-refractivity contribution in [2.45, 2.75) is 56.5 Å². The summed E-state index contributed by atoms with van der Waals surface area (Å²) in [6.45, 7) is 5.09. The van der Waals surface area contributed by atoms with Crippen LogP contribution in [-0.2, 0) is 22.1 Å². The summed E-state index contributed by atoms with van der Waals surface area (Å²) in [5.74, 6) is -1.17. The third kappa shape index (κ3) is 8.10. The molecule has 0 spiro atoms. The second-order valence-electron chi connectivity index (χ2n) is 13.3. The fourth-order valence-electron chi connectivity index (χ4n) is 7.02. The number of rotatable bonds is 7. The zero-order valence-electron chi connectivity index (χ0n) is 27.7. The first-order valence-electron chi connectivity index (χ1n) is 16.9. The molecule has 1 atom stereocenters. The molecule has 0 aliphatic carbocycles. The van der Waals surface area contributed by atoms with Gasteiger partial charge in [0, 0.05) is 70.4 Å². The molecule has 0 unspecified atom stereocenters. The van der Waals surface area contributed by atoms with Crippen molar-refractivity contribution in [3.05, 3.63) is 69.1 Å². The lowest BCUT2D eigenvalue weighted by atomic mass is 9.99. The second kappa shape index (κ2) is 15.0. The maximum Gasteiger partial charge on any atom is 0.420 e. The Bertz CT molecular complexity index is 1710. The Hall–Kier alpha value is -4.08. The molecule has 4 heterocycles. The topological polar surface area (TPSA) is 127 Å². The maximum atomic E-state index is 13.9. The van der Waals surface area contributed by atoms with Gasteiger partial charge in [0.1, 0.15) is 5.75 Å². The fourth-order valence-corrected chi connectivity index (χ4v) is 7.27. The number of phenolic OH excluding ortho intramolecular Hbond substituents is 1.